The van der Waals surface area contributed by atoms with Gasteiger partial charge in [0.25, 0.3) is 6.43 Å². The zero-order valence-electron chi connectivity index (χ0n) is 22.0. The van der Waals surface area contributed by atoms with E-state index in [-0.39, 0.29) is 12.0 Å². The number of rotatable bonds is 8. The smallest absolute Gasteiger partial charge is 0.296 e. The van der Waals surface area contributed by atoms with E-state index in [0.29, 0.717) is 67.6 Å². The van der Waals surface area contributed by atoms with Crippen LogP contribution in [0.15, 0.2) is 48.5 Å². The summed E-state index contributed by atoms with van der Waals surface area (Å²) in [5.74, 6) is 0.790. The van der Waals surface area contributed by atoms with Gasteiger partial charge in [-0.25, -0.2) is 13.8 Å². The first-order valence-corrected chi connectivity index (χ1v) is 13.7. The molecular formula is C28H32F2N8O2. The standard InChI is InChI=1S/C28H32F2N8O2/c29-24(30)25-33-21-6-2-3-7-22(21)38(25)28-35-26(34-27(36-28)37-13-15-40-16-14-37)32-20-11-9-19(10-12-20)31-17-18-5-1-4-8-23(18)39/h1-8,19-20,24,31,39H,9-17H2,(H,32,34,35,36)/t19-,20-. The second kappa shape index (κ2) is 11.7. The fourth-order valence-corrected chi connectivity index (χ4v) is 5.36. The largest absolute Gasteiger partial charge is 0.508 e. The highest BCUT2D eigenvalue weighted by atomic mass is 19.3. The van der Waals surface area contributed by atoms with Crippen LogP contribution in [-0.4, -0.2) is 68.0 Å². The Hall–Kier alpha value is -3.90. The number of nitrogens with one attached hydrogen (secondary N) is 2. The summed E-state index contributed by atoms with van der Waals surface area (Å²) in [6.07, 6.45) is 0.876. The van der Waals surface area contributed by atoms with E-state index in [4.69, 9.17) is 9.72 Å². The highest BCUT2D eigenvalue weighted by Gasteiger charge is 2.26. The van der Waals surface area contributed by atoms with Crippen molar-refractivity contribution in [1.82, 2.24) is 29.8 Å². The number of phenolic OH excluding ortho intramolecular Hbond substituents is 1. The Balaban J connectivity index is 1.22. The minimum atomic E-state index is -2.80. The van der Waals surface area contributed by atoms with Crippen molar-refractivity contribution >= 4 is 22.9 Å². The predicted molar refractivity (Wildman–Crippen MR) is 147 cm³/mol. The second-order valence-corrected chi connectivity index (χ2v) is 10.2. The maximum Gasteiger partial charge on any atom is 0.296 e. The number of alkyl halides is 2. The molecule has 1 saturated heterocycles. The van der Waals surface area contributed by atoms with E-state index < -0.39 is 12.2 Å². The zero-order chi connectivity index (χ0) is 27.5. The molecule has 210 valence electrons. The van der Waals surface area contributed by atoms with Gasteiger partial charge < -0.3 is 25.4 Å². The van der Waals surface area contributed by atoms with Crippen molar-refractivity contribution in [1.29, 1.82) is 0 Å². The summed E-state index contributed by atoms with van der Waals surface area (Å²) in [6, 6.07) is 14.8. The lowest BCUT2D eigenvalue weighted by Gasteiger charge is -2.30. The Morgan fingerprint density at radius 2 is 1.57 bits per heavy atom. The number of fused-ring (bicyclic) bond motifs is 1. The number of para-hydroxylation sites is 3. The maximum atomic E-state index is 14.1. The number of phenols is 1. The van der Waals surface area contributed by atoms with E-state index in [9.17, 15) is 13.9 Å². The van der Waals surface area contributed by atoms with Gasteiger partial charge in [0.05, 0.1) is 24.2 Å². The van der Waals surface area contributed by atoms with E-state index >= 15 is 0 Å². The van der Waals surface area contributed by atoms with Crippen molar-refractivity contribution in [3.63, 3.8) is 0 Å². The monoisotopic (exact) mass is 550 g/mol. The van der Waals surface area contributed by atoms with Gasteiger partial charge in [-0.2, -0.15) is 15.0 Å². The summed E-state index contributed by atoms with van der Waals surface area (Å²) in [7, 11) is 0. The lowest BCUT2D eigenvalue weighted by atomic mass is 9.91. The normalized spacial score (nSPS) is 19.8. The van der Waals surface area contributed by atoms with Crippen molar-refractivity contribution in [2.24, 2.45) is 0 Å². The van der Waals surface area contributed by atoms with Crippen LogP contribution < -0.4 is 15.5 Å². The molecule has 0 spiro atoms. The number of ether oxygens (including phenoxy) is 1. The third kappa shape index (κ3) is 5.68. The van der Waals surface area contributed by atoms with Crippen LogP contribution in [0.4, 0.5) is 20.7 Å². The number of benzene rings is 2. The van der Waals surface area contributed by atoms with Crippen molar-refractivity contribution < 1.29 is 18.6 Å². The molecule has 40 heavy (non-hydrogen) atoms. The van der Waals surface area contributed by atoms with Crippen molar-refractivity contribution in [3.05, 3.63) is 59.9 Å². The number of nitrogens with zero attached hydrogens (tertiary/aromatic N) is 6. The van der Waals surface area contributed by atoms with Gasteiger partial charge in [-0.05, 0) is 43.9 Å². The van der Waals surface area contributed by atoms with E-state index in [1.807, 2.05) is 23.1 Å². The first-order valence-electron chi connectivity index (χ1n) is 13.7. The van der Waals surface area contributed by atoms with Crippen LogP contribution in [0.2, 0.25) is 0 Å². The summed E-state index contributed by atoms with van der Waals surface area (Å²) in [6.45, 7) is 2.89. The summed E-state index contributed by atoms with van der Waals surface area (Å²) in [5.41, 5.74) is 1.85. The van der Waals surface area contributed by atoms with Gasteiger partial charge >= 0.3 is 0 Å². The molecule has 6 rings (SSSR count). The van der Waals surface area contributed by atoms with Gasteiger partial charge in [-0.1, -0.05) is 30.3 Å². The molecule has 2 fully saturated rings. The third-order valence-electron chi connectivity index (χ3n) is 7.52. The van der Waals surface area contributed by atoms with E-state index in [0.717, 1.165) is 31.2 Å². The van der Waals surface area contributed by atoms with Gasteiger partial charge in [0.1, 0.15) is 5.75 Å². The lowest BCUT2D eigenvalue weighted by Crippen LogP contribution is -2.38. The molecule has 3 heterocycles. The van der Waals surface area contributed by atoms with Gasteiger partial charge in [0.2, 0.25) is 17.8 Å². The molecule has 1 aliphatic carbocycles. The Morgan fingerprint density at radius 1 is 0.875 bits per heavy atom. The topological polar surface area (TPSA) is 113 Å². The molecule has 3 N–H and O–H groups in total. The molecule has 12 heteroatoms. The number of hydrogen-bond acceptors (Lipinski definition) is 9. The number of imidazole rings is 1. The molecule has 0 amide bonds. The van der Waals surface area contributed by atoms with Crippen molar-refractivity contribution in [3.8, 4) is 11.7 Å². The van der Waals surface area contributed by atoms with Crippen LogP contribution in [0.5, 0.6) is 5.75 Å². The second-order valence-electron chi connectivity index (χ2n) is 10.2. The number of anilines is 2. The first-order chi connectivity index (χ1) is 19.5. The Bertz CT molecular complexity index is 1450. The predicted octanol–water partition coefficient (Wildman–Crippen LogP) is 4.20. The number of morpholine rings is 1. The fourth-order valence-electron chi connectivity index (χ4n) is 5.36. The number of aromatic hydroxyl groups is 1. The highest BCUT2D eigenvalue weighted by molar-refractivity contribution is 5.77. The van der Waals surface area contributed by atoms with Crippen LogP contribution in [0, 0.1) is 0 Å². The van der Waals surface area contributed by atoms with Crippen LogP contribution in [-0.2, 0) is 11.3 Å². The Morgan fingerprint density at radius 3 is 2.35 bits per heavy atom. The molecule has 1 saturated carbocycles. The quantitative estimate of drug-likeness (QED) is 0.297. The SMILES string of the molecule is Oc1ccccc1CN[C@H]1CC[C@H](Nc2nc(N3CCOCC3)nc(-n3c(C(F)F)nc4ccccc43)n2)CC1. The third-order valence-corrected chi connectivity index (χ3v) is 7.52. The molecule has 0 unspecified atom stereocenters. The zero-order valence-corrected chi connectivity index (χ0v) is 22.0. The molecule has 10 nitrogen and oxygen atoms in total. The van der Waals surface area contributed by atoms with E-state index in [1.165, 1.54) is 4.57 Å². The molecular weight excluding hydrogens is 518 g/mol. The number of aromatic nitrogens is 5. The van der Waals surface area contributed by atoms with E-state index in [1.54, 1.807) is 30.3 Å². The molecule has 4 aromatic rings. The summed E-state index contributed by atoms with van der Waals surface area (Å²) in [5, 5.41) is 17.0. The molecule has 1 aliphatic heterocycles. The van der Waals surface area contributed by atoms with Crippen LogP contribution in [0.1, 0.15) is 43.5 Å². The number of halogens is 2. The highest BCUT2D eigenvalue weighted by Crippen LogP contribution is 2.29. The fraction of sp³-hybridized carbons (Fsp3) is 0.429. The van der Waals surface area contributed by atoms with Gasteiger partial charge in [0.15, 0.2) is 5.82 Å². The molecule has 2 aromatic carbocycles. The summed E-state index contributed by atoms with van der Waals surface area (Å²) >= 11 is 0. The first kappa shape index (κ1) is 26.3. The number of hydrogen-bond donors (Lipinski definition) is 3. The maximum absolute atomic E-state index is 14.1. The summed E-state index contributed by atoms with van der Waals surface area (Å²) in [4.78, 5) is 20.1. The van der Waals surface area contributed by atoms with Crippen molar-refractivity contribution in [2.75, 3.05) is 36.5 Å². The lowest BCUT2D eigenvalue weighted by molar-refractivity contribution is 0.122. The van der Waals surface area contributed by atoms with Gasteiger partial charge in [-0.3, -0.25) is 4.57 Å². The minimum Gasteiger partial charge on any atom is -0.508 e. The average molecular weight is 551 g/mol. The molecule has 0 radical (unpaired) electrons. The van der Waals surface area contributed by atoms with Crippen LogP contribution in [0.25, 0.3) is 17.0 Å². The van der Waals surface area contributed by atoms with Crippen molar-refractivity contribution in [2.45, 2.75) is 50.7 Å². The Kier molecular flexibility index (Phi) is 7.69. The van der Waals surface area contributed by atoms with Crippen LogP contribution >= 0.6 is 0 Å². The van der Waals surface area contributed by atoms with Gasteiger partial charge in [0, 0.05) is 37.3 Å². The molecule has 2 aliphatic rings. The van der Waals surface area contributed by atoms with Crippen LogP contribution in [0.3, 0.4) is 0 Å². The molecule has 2 aromatic heterocycles. The van der Waals surface area contributed by atoms with E-state index in [2.05, 4.69) is 25.6 Å². The summed E-state index contributed by atoms with van der Waals surface area (Å²) < 4.78 is 35.0. The molecule has 0 bridgehead atoms. The average Bonchev–Trinajstić information content (AvgIpc) is 3.38. The van der Waals surface area contributed by atoms with Gasteiger partial charge in [-0.15, -0.1) is 0 Å². The minimum absolute atomic E-state index is 0.112. The molecule has 0 atom stereocenters. The Labute approximate surface area is 230 Å².